The maximum absolute atomic E-state index is 11.4. The molecule has 1 unspecified atom stereocenters. The molecule has 0 bridgehead atoms. The van der Waals surface area contributed by atoms with Crippen molar-refractivity contribution in [2.75, 3.05) is 13.1 Å². The van der Waals surface area contributed by atoms with E-state index in [-0.39, 0.29) is 5.92 Å². The molecule has 0 saturated carbocycles. The third-order valence-corrected chi connectivity index (χ3v) is 4.37. The summed E-state index contributed by atoms with van der Waals surface area (Å²) < 4.78 is 1.18. The quantitative estimate of drug-likeness (QED) is 0.834. The van der Waals surface area contributed by atoms with Crippen molar-refractivity contribution in [3.05, 3.63) is 20.8 Å². The van der Waals surface area contributed by atoms with Gasteiger partial charge in [0.15, 0.2) is 0 Å². The van der Waals surface area contributed by atoms with E-state index in [0.29, 0.717) is 12.2 Å². The van der Waals surface area contributed by atoms with Crippen molar-refractivity contribution in [1.82, 2.24) is 4.90 Å². The van der Waals surface area contributed by atoms with E-state index in [9.17, 15) is 4.79 Å². The SMILES string of the molecule is CC1CN(Cc2ccc(Br)s2)CCC1=O. The summed E-state index contributed by atoms with van der Waals surface area (Å²) in [7, 11) is 0. The number of nitrogens with zero attached hydrogens (tertiary/aromatic N) is 1. The minimum atomic E-state index is 0.210. The van der Waals surface area contributed by atoms with Crippen molar-refractivity contribution in [2.24, 2.45) is 5.92 Å². The zero-order chi connectivity index (χ0) is 10.8. The number of rotatable bonds is 2. The molecule has 2 rings (SSSR count). The van der Waals surface area contributed by atoms with Gasteiger partial charge in [-0.1, -0.05) is 6.92 Å². The second-order valence-corrected chi connectivity index (χ2v) is 6.61. The van der Waals surface area contributed by atoms with Crippen LogP contribution in [0.2, 0.25) is 0 Å². The molecule has 4 heteroatoms. The molecule has 0 amide bonds. The Morgan fingerprint density at radius 1 is 1.60 bits per heavy atom. The van der Waals surface area contributed by atoms with E-state index in [1.165, 1.54) is 8.66 Å². The minimum Gasteiger partial charge on any atom is -0.299 e. The first kappa shape index (κ1) is 11.3. The van der Waals surface area contributed by atoms with Crippen molar-refractivity contribution >= 4 is 33.0 Å². The van der Waals surface area contributed by atoms with Gasteiger partial charge < -0.3 is 0 Å². The second-order valence-electron chi connectivity index (χ2n) is 4.06. The van der Waals surface area contributed by atoms with Gasteiger partial charge in [0.25, 0.3) is 0 Å². The number of carbonyl (C=O) groups excluding carboxylic acids is 1. The summed E-state index contributed by atoms with van der Waals surface area (Å²) in [5.74, 6) is 0.626. The zero-order valence-electron chi connectivity index (χ0n) is 8.70. The van der Waals surface area contributed by atoms with Gasteiger partial charge >= 0.3 is 0 Å². The van der Waals surface area contributed by atoms with Crippen LogP contribution in [-0.2, 0) is 11.3 Å². The van der Waals surface area contributed by atoms with E-state index in [2.05, 4.69) is 33.0 Å². The van der Waals surface area contributed by atoms with E-state index in [1.807, 2.05) is 6.92 Å². The predicted octanol–water partition coefficient (Wildman–Crippen LogP) is 2.92. The van der Waals surface area contributed by atoms with Crippen LogP contribution >= 0.6 is 27.3 Å². The van der Waals surface area contributed by atoms with E-state index < -0.39 is 0 Å². The molecular formula is C11H14BrNOS. The van der Waals surface area contributed by atoms with Gasteiger partial charge in [-0.25, -0.2) is 0 Å². The van der Waals surface area contributed by atoms with E-state index in [0.717, 1.165) is 19.6 Å². The molecule has 1 aliphatic heterocycles. The van der Waals surface area contributed by atoms with Crippen LogP contribution in [0.3, 0.4) is 0 Å². The van der Waals surface area contributed by atoms with Gasteiger partial charge in [-0.05, 0) is 28.1 Å². The number of likely N-dealkylation sites (tertiary alicyclic amines) is 1. The first-order chi connectivity index (χ1) is 7.15. The molecule has 0 radical (unpaired) electrons. The third kappa shape index (κ3) is 2.89. The van der Waals surface area contributed by atoms with Gasteiger partial charge in [-0.3, -0.25) is 9.69 Å². The van der Waals surface area contributed by atoms with Crippen molar-refractivity contribution in [1.29, 1.82) is 0 Å². The molecule has 1 saturated heterocycles. The monoisotopic (exact) mass is 287 g/mol. The van der Waals surface area contributed by atoms with Crippen LogP contribution in [0.25, 0.3) is 0 Å². The third-order valence-electron chi connectivity index (χ3n) is 2.76. The van der Waals surface area contributed by atoms with Crippen LogP contribution < -0.4 is 0 Å². The summed E-state index contributed by atoms with van der Waals surface area (Å²) in [5, 5.41) is 0. The molecule has 1 atom stereocenters. The first-order valence-electron chi connectivity index (χ1n) is 5.14. The van der Waals surface area contributed by atoms with E-state index >= 15 is 0 Å². The molecule has 0 N–H and O–H groups in total. The highest BCUT2D eigenvalue weighted by atomic mass is 79.9. The minimum absolute atomic E-state index is 0.210. The summed E-state index contributed by atoms with van der Waals surface area (Å²) in [6.07, 6.45) is 0.716. The maximum Gasteiger partial charge on any atom is 0.138 e. The lowest BCUT2D eigenvalue weighted by Crippen LogP contribution is -2.38. The fraction of sp³-hybridized carbons (Fsp3) is 0.545. The van der Waals surface area contributed by atoms with Crippen molar-refractivity contribution in [3.63, 3.8) is 0 Å². The topological polar surface area (TPSA) is 20.3 Å². The second kappa shape index (κ2) is 4.76. The lowest BCUT2D eigenvalue weighted by molar-refractivity contribution is -0.125. The van der Waals surface area contributed by atoms with Gasteiger partial charge in [0.05, 0.1) is 3.79 Å². The summed E-state index contributed by atoms with van der Waals surface area (Å²) in [5.41, 5.74) is 0. The maximum atomic E-state index is 11.4. The van der Waals surface area contributed by atoms with Gasteiger partial charge in [0.2, 0.25) is 0 Å². The van der Waals surface area contributed by atoms with Gasteiger partial charge in [-0.15, -0.1) is 11.3 Å². The van der Waals surface area contributed by atoms with Gasteiger partial charge in [0.1, 0.15) is 5.78 Å². The van der Waals surface area contributed by atoms with Crippen LogP contribution in [0.4, 0.5) is 0 Å². The molecule has 1 aromatic heterocycles. The molecule has 82 valence electrons. The summed E-state index contributed by atoms with van der Waals surface area (Å²) in [4.78, 5) is 15.1. The molecule has 1 aliphatic rings. The number of halogens is 1. The Morgan fingerprint density at radius 2 is 2.40 bits per heavy atom. The van der Waals surface area contributed by atoms with Crippen molar-refractivity contribution < 1.29 is 4.79 Å². The Morgan fingerprint density at radius 3 is 3.00 bits per heavy atom. The van der Waals surface area contributed by atoms with Gasteiger partial charge in [-0.2, -0.15) is 0 Å². The Balaban J connectivity index is 1.93. The highest BCUT2D eigenvalue weighted by Crippen LogP contribution is 2.24. The number of hydrogen-bond acceptors (Lipinski definition) is 3. The highest BCUT2D eigenvalue weighted by molar-refractivity contribution is 9.11. The van der Waals surface area contributed by atoms with E-state index in [4.69, 9.17) is 0 Å². The first-order valence-corrected chi connectivity index (χ1v) is 6.75. The standard InChI is InChI=1S/C11H14BrNOS/c1-8-6-13(5-4-10(8)14)7-9-2-3-11(12)15-9/h2-3,8H,4-7H2,1H3. The normalized spacial score (nSPS) is 23.3. The van der Waals surface area contributed by atoms with Crippen LogP contribution in [0, 0.1) is 5.92 Å². The Hall–Kier alpha value is -0.190. The fourth-order valence-electron chi connectivity index (χ4n) is 1.90. The summed E-state index contributed by atoms with van der Waals surface area (Å²) in [6, 6.07) is 4.23. The molecule has 15 heavy (non-hydrogen) atoms. The average molecular weight is 288 g/mol. The molecule has 0 spiro atoms. The van der Waals surface area contributed by atoms with Crippen molar-refractivity contribution in [3.8, 4) is 0 Å². The molecule has 1 aromatic rings. The summed E-state index contributed by atoms with van der Waals surface area (Å²) >= 11 is 5.24. The Bertz CT molecular complexity index is 363. The fourth-order valence-corrected chi connectivity index (χ4v) is 3.42. The Kier molecular flexibility index (Phi) is 3.59. The molecule has 0 aliphatic carbocycles. The lowest BCUT2D eigenvalue weighted by Gasteiger charge is -2.29. The smallest absolute Gasteiger partial charge is 0.138 e. The van der Waals surface area contributed by atoms with E-state index in [1.54, 1.807) is 11.3 Å². The molecule has 0 aromatic carbocycles. The number of carbonyl (C=O) groups is 1. The van der Waals surface area contributed by atoms with Crippen LogP contribution in [-0.4, -0.2) is 23.8 Å². The van der Waals surface area contributed by atoms with Crippen LogP contribution in [0.1, 0.15) is 18.2 Å². The van der Waals surface area contributed by atoms with Crippen LogP contribution in [0.15, 0.2) is 15.9 Å². The molecule has 2 heterocycles. The van der Waals surface area contributed by atoms with Crippen LogP contribution in [0.5, 0.6) is 0 Å². The van der Waals surface area contributed by atoms with Gasteiger partial charge in [0, 0.05) is 36.9 Å². The number of Topliss-reactive ketones (excluding diaryl/α,β-unsaturated/α-hetero) is 1. The number of thiophene rings is 1. The average Bonchev–Trinajstić information content (AvgIpc) is 2.58. The lowest BCUT2D eigenvalue weighted by atomic mass is 9.99. The number of piperidine rings is 1. The molecular weight excluding hydrogens is 274 g/mol. The number of ketones is 1. The largest absolute Gasteiger partial charge is 0.299 e. The molecule has 2 nitrogen and oxygen atoms in total. The van der Waals surface area contributed by atoms with Crippen molar-refractivity contribution in [2.45, 2.75) is 19.9 Å². The highest BCUT2D eigenvalue weighted by Gasteiger charge is 2.23. The Labute approximate surface area is 102 Å². The summed E-state index contributed by atoms with van der Waals surface area (Å²) in [6.45, 7) is 4.83. The molecule has 1 fully saturated rings. The zero-order valence-corrected chi connectivity index (χ0v) is 11.1. The predicted molar refractivity (Wildman–Crippen MR) is 66.1 cm³/mol. The number of hydrogen-bond donors (Lipinski definition) is 0.